The van der Waals surface area contributed by atoms with E-state index in [4.69, 9.17) is 11.6 Å². The molecule has 0 aliphatic rings. The number of nitrogens with zero attached hydrogens (tertiary/aromatic N) is 3. The van der Waals surface area contributed by atoms with Gasteiger partial charge in [0, 0.05) is 50.7 Å². The number of amides is 1. The van der Waals surface area contributed by atoms with Gasteiger partial charge >= 0.3 is 0 Å². The number of hydrogen-bond donors (Lipinski definition) is 1. The Hall–Kier alpha value is -2.69. The number of benzene rings is 2. The number of anilines is 2. The van der Waals surface area contributed by atoms with E-state index < -0.39 is 20.9 Å². The molecule has 0 heterocycles. The van der Waals surface area contributed by atoms with Crippen LogP contribution in [0.1, 0.15) is 24.2 Å². The molecule has 30 heavy (non-hydrogen) atoms. The second-order valence-corrected chi connectivity index (χ2v) is 8.86. The predicted molar refractivity (Wildman–Crippen MR) is 117 cm³/mol. The van der Waals surface area contributed by atoms with Gasteiger partial charge in [0.15, 0.2) is 0 Å². The first-order valence-corrected chi connectivity index (χ1v) is 10.9. The number of halogens is 1. The van der Waals surface area contributed by atoms with Gasteiger partial charge in [0.05, 0.1) is 15.5 Å². The molecule has 0 aliphatic heterocycles. The lowest BCUT2D eigenvalue weighted by Gasteiger charge is -2.20. The first-order valence-electron chi connectivity index (χ1n) is 9.09. The molecular weight excluding hydrogens is 432 g/mol. The molecule has 0 saturated heterocycles. The Bertz CT molecular complexity index is 1070. The van der Waals surface area contributed by atoms with Gasteiger partial charge in [-0.15, -0.1) is 0 Å². The van der Waals surface area contributed by atoms with E-state index in [2.05, 4.69) is 5.32 Å². The van der Waals surface area contributed by atoms with E-state index in [0.717, 1.165) is 0 Å². The number of nitrogens with one attached hydrogen (secondary N) is 1. The first kappa shape index (κ1) is 23.6. The van der Waals surface area contributed by atoms with Crippen LogP contribution in [0.5, 0.6) is 0 Å². The van der Waals surface area contributed by atoms with Crippen LogP contribution >= 0.6 is 11.6 Å². The lowest BCUT2D eigenvalue weighted by Crippen LogP contribution is -2.31. The fraction of sp³-hybridized carbons (Fsp3) is 0.316. The molecule has 0 aromatic heterocycles. The summed E-state index contributed by atoms with van der Waals surface area (Å²) in [6.45, 7) is 3.97. The zero-order chi connectivity index (χ0) is 22.6. The molecule has 0 saturated carbocycles. The zero-order valence-corrected chi connectivity index (χ0v) is 18.6. The summed E-state index contributed by atoms with van der Waals surface area (Å²) in [6, 6.07) is 8.09. The van der Waals surface area contributed by atoms with Crippen LogP contribution in [0, 0.1) is 10.1 Å². The largest absolute Gasteiger partial charge is 0.377 e. The standard InChI is InChI=1S/C19H23ClN4O5S/c1-5-23(6-2)30(28,29)18-11-13(7-9-16(18)20)21-19(25)15-12-14(24(26)27)8-10-17(15)22(3)4/h7-12H,5-6H2,1-4H3,(H,21,25). The number of carbonyl (C=O) groups excluding carboxylic acids is 1. The van der Waals surface area contributed by atoms with Gasteiger partial charge in [-0.1, -0.05) is 25.4 Å². The lowest BCUT2D eigenvalue weighted by atomic mass is 10.1. The van der Waals surface area contributed by atoms with E-state index in [-0.39, 0.29) is 39.9 Å². The monoisotopic (exact) mass is 454 g/mol. The topological polar surface area (TPSA) is 113 Å². The molecule has 162 valence electrons. The van der Waals surface area contributed by atoms with Crippen molar-refractivity contribution in [2.45, 2.75) is 18.7 Å². The number of non-ortho nitro benzene ring substituents is 1. The third-order valence-electron chi connectivity index (χ3n) is 4.43. The average molecular weight is 455 g/mol. The van der Waals surface area contributed by atoms with Crippen molar-refractivity contribution in [2.24, 2.45) is 0 Å². The number of nitro benzene ring substituents is 1. The van der Waals surface area contributed by atoms with E-state index in [9.17, 15) is 23.3 Å². The van der Waals surface area contributed by atoms with Crippen molar-refractivity contribution in [3.05, 3.63) is 57.1 Å². The molecule has 0 fully saturated rings. The highest BCUT2D eigenvalue weighted by Gasteiger charge is 2.25. The maximum atomic E-state index is 12.9. The summed E-state index contributed by atoms with van der Waals surface area (Å²) in [5, 5.41) is 13.7. The van der Waals surface area contributed by atoms with Gasteiger partial charge in [0.2, 0.25) is 10.0 Å². The van der Waals surface area contributed by atoms with Crippen LogP contribution in [0.2, 0.25) is 5.02 Å². The molecule has 1 N–H and O–H groups in total. The number of sulfonamides is 1. The van der Waals surface area contributed by atoms with Gasteiger partial charge in [-0.05, 0) is 24.3 Å². The van der Waals surface area contributed by atoms with E-state index in [0.29, 0.717) is 5.69 Å². The highest BCUT2D eigenvalue weighted by molar-refractivity contribution is 7.89. The van der Waals surface area contributed by atoms with Gasteiger partial charge < -0.3 is 10.2 Å². The van der Waals surface area contributed by atoms with Crippen LogP contribution in [-0.2, 0) is 10.0 Å². The van der Waals surface area contributed by atoms with E-state index >= 15 is 0 Å². The van der Waals surface area contributed by atoms with Crippen molar-refractivity contribution in [1.29, 1.82) is 0 Å². The van der Waals surface area contributed by atoms with Crippen LogP contribution < -0.4 is 10.2 Å². The average Bonchev–Trinajstić information content (AvgIpc) is 2.69. The molecule has 11 heteroatoms. The molecule has 2 aromatic carbocycles. The summed E-state index contributed by atoms with van der Waals surface area (Å²) < 4.78 is 26.9. The second-order valence-electron chi connectivity index (χ2n) is 6.54. The Morgan fingerprint density at radius 3 is 2.30 bits per heavy atom. The van der Waals surface area contributed by atoms with Gasteiger partial charge in [-0.25, -0.2) is 8.42 Å². The van der Waals surface area contributed by atoms with Crippen LogP contribution in [0.25, 0.3) is 0 Å². The van der Waals surface area contributed by atoms with E-state index in [1.807, 2.05) is 0 Å². The van der Waals surface area contributed by atoms with Crippen molar-refractivity contribution < 1.29 is 18.1 Å². The summed E-state index contributed by atoms with van der Waals surface area (Å²) in [7, 11) is -0.435. The molecular formula is C19H23ClN4O5S. The van der Waals surface area contributed by atoms with Gasteiger partial charge in [0.25, 0.3) is 11.6 Å². The molecule has 0 bridgehead atoms. The van der Waals surface area contributed by atoms with Crippen LogP contribution in [0.4, 0.5) is 17.1 Å². The molecule has 0 aliphatic carbocycles. The fourth-order valence-electron chi connectivity index (χ4n) is 2.89. The number of carbonyl (C=O) groups is 1. The summed E-state index contributed by atoms with van der Waals surface area (Å²) in [4.78, 5) is 24.9. The number of hydrogen-bond acceptors (Lipinski definition) is 6. The van der Waals surface area contributed by atoms with Crippen LogP contribution in [0.3, 0.4) is 0 Å². The molecule has 0 spiro atoms. The SMILES string of the molecule is CCN(CC)S(=O)(=O)c1cc(NC(=O)c2cc([N+](=O)[O-])ccc2N(C)C)ccc1Cl. The normalized spacial score (nSPS) is 11.4. The third kappa shape index (κ3) is 4.89. The highest BCUT2D eigenvalue weighted by atomic mass is 35.5. The predicted octanol–water partition coefficient (Wildman–Crippen LogP) is 3.60. The van der Waals surface area contributed by atoms with Crippen molar-refractivity contribution >= 4 is 44.6 Å². The first-order chi connectivity index (χ1) is 14.0. The molecule has 0 radical (unpaired) electrons. The smallest absolute Gasteiger partial charge is 0.270 e. The maximum Gasteiger partial charge on any atom is 0.270 e. The van der Waals surface area contributed by atoms with Crippen LogP contribution in [0.15, 0.2) is 41.3 Å². The maximum absolute atomic E-state index is 12.9. The minimum atomic E-state index is -3.84. The quantitative estimate of drug-likeness (QED) is 0.481. The van der Waals surface area contributed by atoms with Crippen molar-refractivity contribution in [3.8, 4) is 0 Å². The highest BCUT2D eigenvalue weighted by Crippen LogP contribution is 2.29. The third-order valence-corrected chi connectivity index (χ3v) is 6.96. The molecule has 9 nitrogen and oxygen atoms in total. The van der Waals surface area contributed by atoms with Crippen molar-refractivity contribution in [1.82, 2.24) is 4.31 Å². The van der Waals surface area contributed by atoms with E-state index in [1.54, 1.807) is 32.8 Å². The van der Waals surface area contributed by atoms with E-state index in [1.165, 1.54) is 40.7 Å². The van der Waals surface area contributed by atoms with Gasteiger partial charge in [0.1, 0.15) is 4.90 Å². The number of rotatable bonds is 8. The summed E-state index contributed by atoms with van der Waals surface area (Å²) in [5.41, 5.74) is 0.526. The molecule has 1 amide bonds. The molecule has 0 unspecified atom stereocenters. The fourth-order valence-corrected chi connectivity index (χ4v) is 4.85. The Kier molecular flexibility index (Phi) is 7.40. The summed E-state index contributed by atoms with van der Waals surface area (Å²) >= 11 is 6.11. The molecule has 0 atom stereocenters. The van der Waals surface area contributed by atoms with Crippen molar-refractivity contribution in [3.63, 3.8) is 0 Å². The molecule has 2 aromatic rings. The minimum Gasteiger partial charge on any atom is -0.377 e. The Labute approximate surface area is 180 Å². The summed E-state index contributed by atoms with van der Waals surface area (Å²) in [5.74, 6) is -0.615. The van der Waals surface area contributed by atoms with Crippen LogP contribution in [-0.4, -0.2) is 50.7 Å². The Morgan fingerprint density at radius 2 is 1.77 bits per heavy atom. The second kappa shape index (κ2) is 9.41. The Balaban J connectivity index is 2.46. The van der Waals surface area contributed by atoms with Gasteiger partial charge in [-0.2, -0.15) is 4.31 Å². The van der Waals surface area contributed by atoms with Gasteiger partial charge in [-0.3, -0.25) is 14.9 Å². The molecule has 2 rings (SSSR count). The number of nitro groups is 1. The Morgan fingerprint density at radius 1 is 1.13 bits per heavy atom. The zero-order valence-electron chi connectivity index (χ0n) is 17.0. The lowest BCUT2D eigenvalue weighted by molar-refractivity contribution is -0.384. The van der Waals surface area contributed by atoms with Crippen molar-refractivity contribution in [2.75, 3.05) is 37.4 Å². The minimum absolute atomic E-state index is 0.0317. The summed E-state index contributed by atoms with van der Waals surface area (Å²) in [6.07, 6.45) is 0.